The minimum Gasteiger partial charge on any atom is -0.319 e. The van der Waals surface area contributed by atoms with Gasteiger partial charge in [-0.1, -0.05) is 20.8 Å². The second-order valence-electron chi connectivity index (χ2n) is 8.57. The third kappa shape index (κ3) is 4.31. The maximum atomic E-state index is 13.7. The SMILES string of the molecule is CCc1ccn2ncc(C(=O)Nc3cn(C4CCC(C(C)C)CC4)nc3C(F)F)c2n1. The molecule has 166 valence electrons. The number of nitrogens with one attached hydrogen (secondary N) is 1. The highest BCUT2D eigenvalue weighted by molar-refractivity contribution is 6.08. The number of halogens is 2. The smallest absolute Gasteiger partial charge is 0.284 e. The van der Waals surface area contributed by atoms with Crippen molar-refractivity contribution >= 4 is 17.2 Å². The summed E-state index contributed by atoms with van der Waals surface area (Å²) in [5.74, 6) is 0.759. The monoisotopic (exact) mass is 430 g/mol. The van der Waals surface area contributed by atoms with Crippen molar-refractivity contribution in [3.8, 4) is 0 Å². The number of aromatic nitrogens is 5. The van der Waals surface area contributed by atoms with E-state index in [1.54, 1.807) is 10.9 Å². The Morgan fingerprint density at radius 2 is 2.00 bits per heavy atom. The maximum absolute atomic E-state index is 13.7. The Morgan fingerprint density at radius 3 is 2.65 bits per heavy atom. The molecule has 31 heavy (non-hydrogen) atoms. The molecule has 3 aromatic heterocycles. The zero-order chi connectivity index (χ0) is 22.1. The Kier molecular flexibility index (Phi) is 6.02. The van der Waals surface area contributed by atoms with Crippen LogP contribution in [0.3, 0.4) is 0 Å². The van der Waals surface area contributed by atoms with Crippen molar-refractivity contribution in [2.24, 2.45) is 11.8 Å². The van der Waals surface area contributed by atoms with E-state index in [9.17, 15) is 13.6 Å². The maximum Gasteiger partial charge on any atom is 0.284 e. The van der Waals surface area contributed by atoms with E-state index in [2.05, 4.69) is 34.3 Å². The summed E-state index contributed by atoms with van der Waals surface area (Å²) in [4.78, 5) is 17.3. The highest BCUT2D eigenvalue weighted by atomic mass is 19.3. The van der Waals surface area contributed by atoms with Crippen molar-refractivity contribution in [1.82, 2.24) is 24.4 Å². The first-order chi connectivity index (χ1) is 14.9. The first kappa shape index (κ1) is 21.4. The Bertz CT molecular complexity index is 1070. The van der Waals surface area contributed by atoms with Crippen LogP contribution in [0, 0.1) is 11.8 Å². The number of hydrogen-bond donors (Lipinski definition) is 1. The minimum absolute atomic E-state index is 0.0389. The van der Waals surface area contributed by atoms with Gasteiger partial charge in [-0.15, -0.1) is 0 Å². The molecule has 1 amide bonds. The molecule has 0 spiro atoms. The molecule has 1 aliphatic rings. The number of aryl methyl sites for hydroxylation is 1. The predicted molar refractivity (Wildman–Crippen MR) is 113 cm³/mol. The lowest BCUT2D eigenvalue weighted by Crippen LogP contribution is -2.21. The Morgan fingerprint density at radius 1 is 1.26 bits per heavy atom. The number of hydrogen-bond acceptors (Lipinski definition) is 4. The van der Waals surface area contributed by atoms with Gasteiger partial charge in [0, 0.05) is 18.1 Å². The summed E-state index contributed by atoms with van der Waals surface area (Å²) < 4.78 is 30.4. The Balaban J connectivity index is 1.56. The van der Waals surface area contributed by atoms with Crippen LogP contribution in [0.4, 0.5) is 14.5 Å². The summed E-state index contributed by atoms with van der Waals surface area (Å²) in [5, 5.41) is 10.9. The lowest BCUT2D eigenvalue weighted by molar-refractivity contribution is 0.102. The van der Waals surface area contributed by atoms with Crippen LogP contribution in [-0.2, 0) is 6.42 Å². The van der Waals surface area contributed by atoms with Crippen LogP contribution in [0.15, 0.2) is 24.7 Å². The number of amides is 1. The van der Waals surface area contributed by atoms with Crippen molar-refractivity contribution in [2.45, 2.75) is 65.3 Å². The molecule has 0 bridgehead atoms. The van der Waals surface area contributed by atoms with Gasteiger partial charge in [0.2, 0.25) is 0 Å². The van der Waals surface area contributed by atoms with E-state index in [1.165, 1.54) is 16.9 Å². The van der Waals surface area contributed by atoms with Gasteiger partial charge in [-0.25, -0.2) is 18.3 Å². The van der Waals surface area contributed by atoms with Gasteiger partial charge >= 0.3 is 0 Å². The predicted octanol–water partition coefficient (Wildman–Crippen LogP) is 5.07. The molecular formula is C22H28F2N6O. The van der Waals surface area contributed by atoms with Gasteiger partial charge < -0.3 is 5.32 Å². The van der Waals surface area contributed by atoms with Crippen LogP contribution in [-0.4, -0.2) is 30.3 Å². The molecule has 9 heteroatoms. The minimum atomic E-state index is -2.78. The molecule has 1 aliphatic carbocycles. The summed E-state index contributed by atoms with van der Waals surface area (Å²) in [5.41, 5.74) is 1.09. The summed E-state index contributed by atoms with van der Waals surface area (Å²) in [6.45, 7) is 6.41. The highest BCUT2D eigenvalue weighted by Gasteiger charge is 2.28. The lowest BCUT2D eigenvalue weighted by Gasteiger charge is -2.30. The van der Waals surface area contributed by atoms with Crippen LogP contribution >= 0.6 is 0 Å². The molecule has 0 saturated heterocycles. The molecule has 0 aliphatic heterocycles. The number of anilines is 1. The van der Waals surface area contributed by atoms with Gasteiger partial charge in [-0.2, -0.15) is 10.2 Å². The molecule has 3 heterocycles. The third-order valence-corrected chi connectivity index (χ3v) is 6.31. The molecule has 1 fully saturated rings. The molecule has 3 aromatic rings. The van der Waals surface area contributed by atoms with Gasteiger partial charge in [0.1, 0.15) is 5.56 Å². The third-order valence-electron chi connectivity index (χ3n) is 6.31. The quantitative estimate of drug-likeness (QED) is 0.593. The average Bonchev–Trinajstić information content (AvgIpc) is 3.37. The molecular weight excluding hydrogens is 402 g/mol. The van der Waals surface area contributed by atoms with Gasteiger partial charge in [0.15, 0.2) is 11.3 Å². The van der Waals surface area contributed by atoms with E-state index in [0.717, 1.165) is 31.4 Å². The van der Waals surface area contributed by atoms with Crippen LogP contribution in [0.2, 0.25) is 0 Å². The first-order valence-electron chi connectivity index (χ1n) is 10.9. The molecule has 0 atom stereocenters. The number of fused-ring (bicyclic) bond motifs is 1. The normalized spacial score (nSPS) is 19.5. The van der Waals surface area contributed by atoms with Gasteiger partial charge in [0.05, 0.1) is 17.9 Å². The zero-order valence-electron chi connectivity index (χ0n) is 18.1. The molecule has 0 aromatic carbocycles. The van der Waals surface area contributed by atoms with E-state index in [1.807, 2.05) is 13.0 Å². The van der Waals surface area contributed by atoms with E-state index in [-0.39, 0.29) is 17.3 Å². The fourth-order valence-electron chi connectivity index (χ4n) is 4.34. The standard InChI is InChI=1S/C22H28F2N6O/c1-4-15-9-10-29-21(26-15)17(11-25-29)22(31)27-18-12-30(28-19(18)20(23)24)16-7-5-14(6-8-16)13(2)3/h9-14,16,20H,4-8H2,1-3H3,(H,27,31). The topological polar surface area (TPSA) is 77.1 Å². The molecule has 4 rings (SSSR count). The fourth-order valence-corrected chi connectivity index (χ4v) is 4.34. The van der Waals surface area contributed by atoms with E-state index >= 15 is 0 Å². The fraction of sp³-hybridized carbons (Fsp3) is 0.545. The molecule has 7 nitrogen and oxygen atoms in total. The number of alkyl halides is 2. The molecule has 0 unspecified atom stereocenters. The van der Waals surface area contributed by atoms with E-state index in [0.29, 0.717) is 23.9 Å². The summed E-state index contributed by atoms with van der Waals surface area (Å²) in [6.07, 6.45) is 6.52. The van der Waals surface area contributed by atoms with Crippen molar-refractivity contribution in [1.29, 1.82) is 0 Å². The van der Waals surface area contributed by atoms with Crippen LogP contribution < -0.4 is 5.32 Å². The van der Waals surface area contributed by atoms with Crippen molar-refractivity contribution in [3.05, 3.63) is 41.6 Å². The molecule has 0 radical (unpaired) electrons. The van der Waals surface area contributed by atoms with E-state index < -0.39 is 18.0 Å². The Labute approximate surface area is 179 Å². The lowest BCUT2D eigenvalue weighted by atomic mass is 9.80. The number of carbonyl (C=O) groups excluding carboxylic acids is 1. The van der Waals surface area contributed by atoms with Crippen molar-refractivity contribution in [3.63, 3.8) is 0 Å². The zero-order valence-corrected chi connectivity index (χ0v) is 18.1. The average molecular weight is 431 g/mol. The second kappa shape index (κ2) is 8.72. The van der Waals surface area contributed by atoms with Crippen LogP contribution in [0.1, 0.15) is 80.7 Å². The number of rotatable bonds is 6. The summed E-state index contributed by atoms with van der Waals surface area (Å²) >= 11 is 0. The van der Waals surface area contributed by atoms with Crippen LogP contribution in [0.25, 0.3) is 5.65 Å². The molecule has 1 N–H and O–H groups in total. The summed E-state index contributed by atoms with van der Waals surface area (Å²) in [7, 11) is 0. The largest absolute Gasteiger partial charge is 0.319 e. The van der Waals surface area contributed by atoms with Crippen molar-refractivity contribution in [2.75, 3.05) is 5.32 Å². The van der Waals surface area contributed by atoms with E-state index in [4.69, 9.17) is 0 Å². The van der Waals surface area contributed by atoms with Crippen molar-refractivity contribution < 1.29 is 13.6 Å². The first-order valence-corrected chi connectivity index (χ1v) is 10.9. The van der Waals surface area contributed by atoms with Gasteiger partial charge in [0.25, 0.3) is 12.3 Å². The van der Waals surface area contributed by atoms with Gasteiger partial charge in [-0.3, -0.25) is 9.48 Å². The molecule has 1 saturated carbocycles. The number of nitrogens with zero attached hydrogens (tertiary/aromatic N) is 5. The number of carbonyl (C=O) groups is 1. The van der Waals surface area contributed by atoms with Gasteiger partial charge in [-0.05, 0) is 50.0 Å². The highest BCUT2D eigenvalue weighted by Crippen LogP contribution is 2.37. The Hall–Kier alpha value is -2.84. The summed E-state index contributed by atoms with van der Waals surface area (Å²) in [6, 6.07) is 1.90. The van der Waals surface area contributed by atoms with Crippen LogP contribution in [0.5, 0.6) is 0 Å². The second-order valence-corrected chi connectivity index (χ2v) is 8.57.